The first-order valence-corrected chi connectivity index (χ1v) is 11.0. The van der Waals surface area contributed by atoms with Crippen molar-refractivity contribution in [3.05, 3.63) is 35.8 Å². The number of halogens is 3. The number of aliphatic hydroxyl groups is 1. The third kappa shape index (κ3) is 5.64. The molecule has 0 aliphatic heterocycles. The zero-order chi connectivity index (χ0) is 21.8. The standard InChI is InChI=1S/C22H28F3N5O/c23-22(24,25)19-12-16(10-11-26-19)29-21-27-13-18(14-4-2-1-3-5-14)20(30-21)28-15-6-8-17(31)9-7-15/h10-15,17,31H,1-9H2,(H2,26,27,28,29,30). The van der Waals surface area contributed by atoms with Crippen molar-refractivity contribution in [1.29, 1.82) is 0 Å². The fraction of sp³-hybridized carbons (Fsp3) is 0.591. The van der Waals surface area contributed by atoms with Crippen LogP contribution in [-0.2, 0) is 6.18 Å². The minimum Gasteiger partial charge on any atom is -0.393 e. The lowest BCUT2D eigenvalue weighted by Gasteiger charge is -2.29. The molecule has 0 amide bonds. The molecule has 0 spiro atoms. The van der Waals surface area contributed by atoms with Gasteiger partial charge in [-0.15, -0.1) is 0 Å². The van der Waals surface area contributed by atoms with Gasteiger partial charge in [-0.3, -0.25) is 4.98 Å². The number of pyridine rings is 1. The zero-order valence-electron chi connectivity index (χ0n) is 17.3. The maximum atomic E-state index is 13.0. The Morgan fingerprint density at radius 1 is 0.968 bits per heavy atom. The van der Waals surface area contributed by atoms with Gasteiger partial charge < -0.3 is 15.7 Å². The number of anilines is 3. The molecule has 31 heavy (non-hydrogen) atoms. The van der Waals surface area contributed by atoms with Crippen LogP contribution in [0.5, 0.6) is 0 Å². The Bertz CT molecular complexity index is 878. The molecule has 0 bridgehead atoms. The molecule has 2 aliphatic rings. The second-order valence-electron chi connectivity index (χ2n) is 8.53. The van der Waals surface area contributed by atoms with Crippen molar-refractivity contribution in [2.24, 2.45) is 0 Å². The quantitative estimate of drug-likeness (QED) is 0.584. The van der Waals surface area contributed by atoms with Crippen molar-refractivity contribution < 1.29 is 18.3 Å². The minimum atomic E-state index is -4.51. The van der Waals surface area contributed by atoms with Gasteiger partial charge in [0.25, 0.3) is 0 Å². The fourth-order valence-corrected chi connectivity index (χ4v) is 4.49. The Morgan fingerprint density at radius 3 is 2.42 bits per heavy atom. The Labute approximate surface area is 179 Å². The minimum absolute atomic E-state index is 0.214. The van der Waals surface area contributed by atoms with Gasteiger partial charge in [-0.1, -0.05) is 19.3 Å². The molecule has 3 N–H and O–H groups in total. The van der Waals surface area contributed by atoms with E-state index in [2.05, 4.69) is 25.6 Å². The second kappa shape index (κ2) is 9.38. The van der Waals surface area contributed by atoms with Crippen LogP contribution in [0.2, 0.25) is 0 Å². The number of hydrogen-bond donors (Lipinski definition) is 3. The highest BCUT2D eigenvalue weighted by Gasteiger charge is 2.32. The topological polar surface area (TPSA) is 83.0 Å². The maximum Gasteiger partial charge on any atom is 0.433 e. The van der Waals surface area contributed by atoms with E-state index in [4.69, 9.17) is 0 Å². The molecule has 2 aliphatic carbocycles. The lowest BCUT2D eigenvalue weighted by molar-refractivity contribution is -0.141. The molecular formula is C22H28F3N5O. The Morgan fingerprint density at radius 2 is 1.71 bits per heavy atom. The zero-order valence-corrected chi connectivity index (χ0v) is 17.3. The number of alkyl halides is 3. The first-order valence-electron chi connectivity index (χ1n) is 11.0. The molecule has 9 heteroatoms. The SMILES string of the molecule is OC1CCC(Nc2nc(Nc3ccnc(C(F)(F)F)c3)ncc2C2CCCCC2)CC1. The Balaban J connectivity index is 1.57. The summed E-state index contributed by atoms with van der Waals surface area (Å²) in [5, 5.41) is 16.2. The van der Waals surface area contributed by atoms with Gasteiger partial charge in [-0.2, -0.15) is 18.2 Å². The number of hydrogen-bond acceptors (Lipinski definition) is 6. The maximum absolute atomic E-state index is 13.0. The Hall–Kier alpha value is -2.42. The average molecular weight is 435 g/mol. The van der Waals surface area contributed by atoms with E-state index in [9.17, 15) is 18.3 Å². The summed E-state index contributed by atoms with van der Waals surface area (Å²) in [6, 6.07) is 2.63. The van der Waals surface area contributed by atoms with Crippen LogP contribution in [-0.4, -0.2) is 32.2 Å². The molecule has 4 rings (SSSR count). The van der Waals surface area contributed by atoms with Gasteiger partial charge in [0.2, 0.25) is 5.95 Å². The smallest absolute Gasteiger partial charge is 0.393 e. The highest BCUT2D eigenvalue weighted by molar-refractivity contribution is 5.57. The van der Waals surface area contributed by atoms with E-state index < -0.39 is 11.9 Å². The highest BCUT2D eigenvalue weighted by atomic mass is 19.4. The molecule has 0 unspecified atom stereocenters. The van der Waals surface area contributed by atoms with Crippen LogP contribution < -0.4 is 10.6 Å². The van der Waals surface area contributed by atoms with Crippen molar-refractivity contribution in [2.75, 3.05) is 10.6 Å². The number of nitrogens with one attached hydrogen (secondary N) is 2. The van der Waals surface area contributed by atoms with Crippen molar-refractivity contribution in [3.63, 3.8) is 0 Å². The predicted molar refractivity (Wildman–Crippen MR) is 112 cm³/mol. The van der Waals surface area contributed by atoms with E-state index in [1.165, 1.54) is 25.3 Å². The number of aliphatic hydroxyl groups excluding tert-OH is 1. The normalized spacial score (nSPS) is 22.8. The fourth-order valence-electron chi connectivity index (χ4n) is 4.49. The molecule has 2 aromatic rings. The third-order valence-corrected chi connectivity index (χ3v) is 6.21. The van der Waals surface area contributed by atoms with E-state index in [-0.39, 0.29) is 23.8 Å². The van der Waals surface area contributed by atoms with Gasteiger partial charge in [0.1, 0.15) is 11.5 Å². The van der Waals surface area contributed by atoms with Crippen LogP contribution in [0.3, 0.4) is 0 Å². The summed E-state index contributed by atoms with van der Waals surface area (Å²) < 4.78 is 38.9. The monoisotopic (exact) mass is 435 g/mol. The van der Waals surface area contributed by atoms with E-state index in [1.54, 1.807) is 6.20 Å². The number of aromatic nitrogens is 3. The van der Waals surface area contributed by atoms with E-state index in [0.717, 1.165) is 62.2 Å². The molecule has 2 heterocycles. The van der Waals surface area contributed by atoms with Gasteiger partial charge >= 0.3 is 6.18 Å². The van der Waals surface area contributed by atoms with E-state index in [1.807, 2.05) is 0 Å². The predicted octanol–water partition coefficient (Wildman–Crippen LogP) is 5.40. The molecule has 2 aromatic heterocycles. The van der Waals surface area contributed by atoms with Crippen molar-refractivity contribution in [3.8, 4) is 0 Å². The molecule has 0 aromatic carbocycles. The van der Waals surface area contributed by atoms with Crippen LogP contribution in [0.15, 0.2) is 24.5 Å². The van der Waals surface area contributed by atoms with Crippen LogP contribution in [0.4, 0.5) is 30.6 Å². The molecular weight excluding hydrogens is 407 g/mol. The van der Waals surface area contributed by atoms with Crippen LogP contribution in [0.1, 0.15) is 75.0 Å². The average Bonchev–Trinajstić information content (AvgIpc) is 2.76. The molecule has 2 fully saturated rings. The molecule has 168 valence electrons. The molecule has 6 nitrogen and oxygen atoms in total. The van der Waals surface area contributed by atoms with Crippen molar-refractivity contribution in [2.45, 2.75) is 82.0 Å². The van der Waals surface area contributed by atoms with Crippen LogP contribution in [0, 0.1) is 0 Å². The third-order valence-electron chi connectivity index (χ3n) is 6.21. The highest BCUT2D eigenvalue weighted by Crippen LogP contribution is 2.37. The van der Waals surface area contributed by atoms with Crippen LogP contribution >= 0.6 is 0 Å². The van der Waals surface area contributed by atoms with Gasteiger partial charge in [-0.25, -0.2) is 4.98 Å². The number of rotatable bonds is 5. The van der Waals surface area contributed by atoms with Crippen LogP contribution in [0.25, 0.3) is 0 Å². The first kappa shape index (κ1) is 21.8. The van der Waals surface area contributed by atoms with E-state index in [0.29, 0.717) is 5.92 Å². The lowest BCUT2D eigenvalue weighted by atomic mass is 9.84. The number of nitrogens with zero attached hydrogens (tertiary/aromatic N) is 3. The van der Waals surface area contributed by atoms with E-state index >= 15 is 0 Å². The first-order chi connectivity index (χ1) is 14.9. The van der Waals surface area contributed by atoms with Gasteiger partial charge in [-0.05, 0) is 56.6 Å². The summed E-state index contributed by atoms with van der Waals surface area (Å²) in [6.45, 7) is 0. The Kier molecular flexibility index (Phi) is 6.60. The summed E-state index contributed by atoms with van der Waals surface area (Å²) in [6.07, 6.45) is 7.17. The molecule has 0 saturated heterocycles. The second-order valence-corrected chi connectivity index (χ2v) is 8.53. The summed E-state index contributed by atoms with van der Waals surface area (Å²) in [5.74, 6) is 1.38. The lowest BCUT2D eigenvalue weighted by Crippen LogP contribution is -2.29. The van der Waals surface area contributed by atoms with Gasteiger partial charge in [0.15, 0.2) is 0 Å². The summed E-state index contributed by atoms with van der Waals surface area (Å²) in [7, 11) is 0. The molecule has 0 radical (unpaired) electrons. The largest absolute Gasteiger partial charge is 0.433 e. The molecule has 2 saturated carbocycles. The summed E-state index contributed by atoms with van der Waals surface area (Å²) in [4.78, 5) is 12.4. The summed E-state index contributed by atoms with van der Waals surface area (Å²) >= 11 is 0. The van der Waals surface area contributed by atoms with Gasteiger partial charge in [0, 0.05) is 29.7 Å². The van der Waals surface area contributed by atoms with Crippen molar-refractivity contribution in [1.82, 2.24) is 15.0 Å². The molecule has 0 atom stereocenters. The van der Waals surface area contributed by atoms with Gasteiger partial charge in [0.05, 0.1) is 6.10 Å². The van der Waals surface area contributed by atoms with Crippen molar-refractivity contribution >= 4 is 17.5 Å². The summed E-state index contributed by atoms with van der Waals surface area (Å²) in [5.41, 5.74) is 0.344.